The number of rotatable bonds is 7. The normalized spacial score (nSPS) is 11.0. The quantitative estimate of drug-likeness (QED) is 0.277. The molecule has 0 atom stereocenters. The molecular weight excluding hydrogens is 456 g/mol. The molecule has 0 radical (unpaired) electrons. The van der Waals surface area contributed by atoms with Crippen LogP contribution in [0.25, 0.3) is 16.6 Å². The van der Waals surface area contributed by atoms with Gasteiger partial charge in [-0.2, -0.15) is 0 Å². The number of carbonyl (C=O) groups excluding carboxylic acids is 1. The highest BCUT2D eigenvalue weighted by Gasteiger charge is 2.18. The molecule has 0 spiro atoms. The van der Waals surface area contributed by atoms with Gasteiger partial charge in [-0.15, -0.1) is 0 Å². The molecule has 3 aromatic carbocycles. The standard InChI is InChI=1S/C28H30N4O2S/c1-19-9-8-12-25(20(19)2)32-27(34)23-10-6-7-11-24(23)29-28(32)35-18-26(33)31(5)17-21-13-15-22(16-14-21)30(3)4/h6-16H,17-18H2,1-5H3. The summed E-state index contributed by atoms with van der Waals surface area (Å²) in [4.78, 5) is 35.0. The Morgan fingerprint density at radius 1 is 0.943 bits per heavy atom. The lowest BCUT2D eigenvalue weighted by atomic mass is 10.1. The molecule has 4 rings (SSSR count). The minimum atomic E-state index is -0.131. The van der Waals surface area contributed by atoms with Crippen LogP contribution in [0.15, 0.2) is 76.7 Å². The zero-order chi connectivity index (χ0) is 25.1. The van der Waals surface area contributed by atoms with Gasteiger partial charge in [-0.1, -0.05) is 48.2 Å². The van der Waals surface area contributed by atoms with Gasteiger partial charge in [0, 0.05) is 33.4 Å². The number of nitrogens with zero attached hydrogens (tertiary/aromatic N) is 4. The summed E-state index contributed by atoms with van der Waals surface area (Å²) < 4.78 is 1.64. The molecule has 0 unspecified atom stereocenters. The van der Waals surface area contributed by atoms with Crippen molar-refractivity contribution in [2.24, 2.45) is 0 Å². The molecule has 0 aliphatic heterocycles. The van der Waals surface area contributed by atoms with Crippen molar-refractivity contribution in [2.45, 2.75) is 25.5 Å². The first-order chi connectivity index (χ1) is 16.8. The van der Waals surface area contributed by atoms with E-state index in [0.717, 1.165) is 28.1 Å². The number of para-hydroxylation sites is 1. The fourth-order valence-electron chi connectivity index (χ4n) is 3.90. The Morgan fingerprint density at radius 3 is 2.37 bits per heavy atom. The maximum Gasteiger partial charge on any atom is 0.266 e. The van der Waals surface area contributed by atoms with E-state index in [1.165, 1.54) is 11.8 Å². The second-order valence-electron chi connectivity index (χ2n) is 8.87. The Hall–Kier alpha value is -3.58. The highest BCUT2D eigenvalue weighted by molar-refractivity contribution is 7.99. The number of hydrogen-bond acceptors (Lipinski definition) is 5. The average Bonchev–Trinajstić information content (AvgIpc) is 2.85. The number of carbonyl (C=O) groups is 1. The van der Waals surface area contributed by atoms with Crippen molar-refractivity contribution in [2.75, 3.05) is 31.8 Å². The zero-order valence-electron chi connectivity index (χ0n) is 20.8. The van der Waals surface area contributed by atoms with E-state index in [1.54, 1.807) is 22.6 Å². The van der Waals surface area contributed by atoms with Crippen molar-refractivity contribution in [1.29, 1.82) is 0 Å². The lowest BCUT2D eigenvalue weighted by Gasteiger charge is -2.19. The number of anilines is 1. The molecule has 4 aromatic rings. The number of benzene rings is 3. The van der Waals surface area contributed by atoms with Crippen molar-refractivity contribution < 1.29 is 4.79 Å². The predicted molar refractivity (Wildman–Crippen MR) is 145 cm³/mol. The summed E-state index contributed by atoms with van der Waals surface area (Å²) in [6, 6.07) is 21.4. The van der Waals surface area contributed by atoms with Gasteiger partial charge in [0.2, 0.25) is 5.91 Å². The van der Waals surface area contributed by atoms with E-state index in [1.807, 2.05) is 93.5 Å². The second-order valence-corrected chi connectivity index (χ2v) is 9.81. The summed E-state index contributed by atoms with van der Waals surface area (Å²) in [6.45, 7) is 4.54. The van der Waals surface area contributed by atoms with Crippen LogP contribution in [0.5, 0.6) is 0 Å². The highest BCUT2D eigenvalue weighted by Crippen LogP contribution is 2.25. The van der Waals surface area contributed by atoms with E-state index in [-0.39, 0.29) is 17.2 Å². The van der Waals surface area contributed by atoms with Crippen LogP contribution < -0.4 is 10.5 Å². The third-order valence-electron chi connectivity index (χ3n) is 6.18. The number of aromatic nitrogens is 2. The summed E-state index contributed by atoms with van der Waals surface area (Å²) >= 11 is 1.29. The Balaban J connectivity index is 1.60. The van der Waals surface area contributed by atoms with Gasteiger partial charge in [-0.05, 0) is 60.9 Å². The predicted octanol–water partition coefficient (Wildman–Crippen LogP) is 4.82. The van der Waals surface area contributed by atoms with Crippen molar-refractivity contribution in [3.63, 3.8) is 0 Å². The first-order valence-electron chi connectivity index (χ1n) is 11.5. The number of thioether (sulfide) groups is 1. The van der Waals surface area contributed by atoms with Gasteiger partial charge >= 0.3 is 0 Å². The van der Waals surface area contributed by atoms with E-state index < -0.39 is 0 Å². The SMILES string of the molecule is Cc1cccc(-n2c(SCC(=O)N(C)Cc3ccc(N(C)C)cc3)nc3ccccc3c2=O)c1C. The summed E-state index contributed by atoms with van der Waals surface area (Å²) in [7, 11) is 5.80. The van der Waals surface area contributed by atoms with Gasteiger partial charge in [-0.3, -0.25) is 14.2 Å². The minimum Gasteiger partial charge on any atom is -0.378 e. The van der Waals surface area contributed by atoms with Crippen LogP contribution >= 0.6 is 11.8 Å². The van der Waals surface area contributed by atoms with Crippen LogP contribution in [0.3, 0.4) is 0 Å². The largest absolute Gasteiger partial charge is 0.378 e. The molecule has 1 amide bonds. The molecule has 0 fully saturated rings. The summed E-state index contributed by atoms with van der Waals surface area (Å²) in [6.07, 6.45) is 0. The Bertz CT molecular complexity index is 1430. The fourth-order valence-corrected chi connectivity index (χ4v) is 4.84. The van der Waals surface area contributed by atoms with Gasteiger partial charge in [0.15, 0.2) is 5.16 Å². The Morgan fingerprint density at radius 2 is 1.66 bits per heavy atom. The fraction of sp³-hybridized carbons (Fsp3) is 0.250. The van der Waals surface area contributed by atoms with Gasteiger partial charge in [-0.25, -0.2) is 4.98 Å². The number of hydrogen-bond donors (Lipinski definition) is 0. The summed E-state index contributed by atoms with van der Waals surface area (Å²) in [5, 5.41) is 1.07. The van der Waals surface area contributed by atoms with Crippen molar-refractivity contribution >= 4 is 34.3 Å². The van der Waals surface area contributed by atoms with E-state index in [0.29, 0.717) is 22.6 Å². The summed E-state index contributed by atoms with van der Waals surface area (Å²) in [5.41, 5.74) is 5.57. The van der Waals surface area contributed by atoms with E-state index in [9.17, 15) is 9.59 Å². The second kappa shape index (κ2) is 10.4. The first-order valence-corrected chi connectivity index (χ1v) is 12.5. The van der Waals surface area contributed by atoms with Gasteiger partial charge in [0.25, 0.3) is 5.56 Å². The first kappa shape index (κ1) is 24.5. The summed E-state index contributed by atoms with van der Waals surface area (Å²) in [5.74, 6) is 0.156. The molecule has 0 saturated carbocycles. The van der Waals surface area contributed by atoms with Crippen LogP contribution in [-0.2, 0) is 11.3 Å². The molecule has 7 heteroatoms. The molecular formula is C28H30N4O2S. The van der Waals surface area contributed by atoms with Crippen LogP contribution in [0.1, 0.15) is 16.7 Å². The van der Waals surface area contributed by atoms with E-state index in [4.69, 9.17) is 4.98 Å². The molecule has 1 aromatic heterocycles. The molecule has 6 nitrogen and oxygen atoms in total. The highest BCUT2D eigenvalue weighted by atomic mass is 32.2. The van der Waals surface area contributed by atoms with Gasteiger partial charge in [0.05, 0.1) is 22.3 Å². The minimum absolute atomic E-state index is 0.0263. The van der Waals surface area contributed by atoms with Crippen molar-refractivity contribution in [3.8, 4) is 5.69 Å². The Kier molecular flexibility index (Phi) is 7.26. The lowest BCUT2D eigenvalue weighted by molar-refractivity contribution is -0.127. The molecule has 0 aliphatic rings. The van der Waals surface area contributed by atoms with Gasteiger partial charge < -0.3 is 9.80 Å². The van der Waals surface area contributed by atoms with E-state index >= 15 is 0 Å². The number of amides is 1. The van der Waals surface area contributed by atoms with Crippen molar-refractivity contribution in [3.05, 3.63) is 93.8 Å². The molecule has 0 aliphatic carbocycles. The lowest BCUT2D eigenvalue weighted by Crippen LogP contribution is -2.28. The molecule has 0 bridgehead atoms. The molecule has 1 heterocycles. The van der Waals surface area contributed by atoms with E-state index in [2.05, 4.69) is 0 Å². The molecule has 180 valence electrons. The maximum absolute atomic E-state index is 13.5. The van der Waals surface area contributed by atoms with Crippen LogP contribution in [-0.4, -0.2) is 47.3 Å². The monoisotopic (exact) mass is 486 g/mol. The Labute approximate surface area is 210 Å². The van der Waals surface area contributed by atoms with Crippen molar-refractivity contribution in [1.82, 2.24) is 14.5 Å². The van der Waals surface area contributed by atoms with Crippen LogP contribution in [0.4, 0.5) is 5.69 Å². The smallest absolute Gasteiger partial charge is 0.266 e. The molecule has 35 heavy (non-hydrogen) atoms. The van der Waals surface area contributed by atoms with Gasteiger partial charge in [0.1, 0.15) is 0 Å². The zero-order valence-corrected chi connectivity index (χ0v) is 21.6. The third kappa shape index (κ3) is 5.25. The van der Waals surface area contributed by atoms with Crippen LogP contribution in [0, 0.1) is 13.8 Å². The molecule has 0 N–H and O–H groups in total. The number of fused-ring (bicyclic) bond motifs is 1. The number of aryl methyl sites for hydroxylation is 1. The molecule has 0 saturated heterocycles. The average molecular weight is 487 g/mol. The van der Waals surface area contributed by atoms with Crippen LogP contribution in [0.2, 0.25) is 0 Å². The topological polar surface area (TPSA) is 58.4 Å². The third-order valence-corrected chi connectivity index (χ3v) is 7.11. The maximum atomic E-state index is 13.5.